The second kappa shape index (κ2) is 4.17. The van der Waals surface area contributed by atoms with Gasteiger partial charge in [-0.1, -0.05) is 0 Å². The lowest BCUT2D eigenvalue weighted by molar-refractivity contribution is 0.465. The van der Waals surface area contributed by atoms with Crippen molar-refractivity contribution in [1.82, 2.24) is 10.2 Å². The van der Waals surface area contributed by atoms with Crippen LogP contribution < -0.4 is 5.73 Å². The van der Waals surface area contributed by atoms with E-state index in [9.17, 15) is 13.2 Å². The molecule has 0 radical (unpaired) electrons. The topological polar surface area (TPSA) is 64.9 Å². The summed E-state index contributed by atoms with van der Waals surface area (Å²) in [6.45, 7) is 1.58. The minimum Gasteiger partial charge on any atom is -0.419 e. The van der Waals surface area contributed by atoms with Gasteiger partial charge in [0.15, 0.2) is 0 Å². The maximum Gasteiger partial charge on any atom is 0.253 e. The first-order chi connectivity index (χ1) is 7.99. The molecule has 17 heavy (non-hydrogen) atoms. The van der Waals surface area contributed by atoms with Gasteiger partial charge in [0.25, 0.3) is 5.89 Å². The molecular formula is C10H8F3N3O. The molecule has 1 aromatic carbocycles. The zero-order valence-corrected chi connectivity index (χ0v) is 8.75. The Kier molecular flexibility index (Phi) is 2.84. The highest BCUT2D eigenvalue weighted by atomic mass is 19.1. The monoisotopic (exact) mass is 243 g/mol. The van der Waals surface area contributed by atoms with Gasteiger partial charge in [0.2, 0.25) is 5.89 Å². The van der Waals surface area contributed by atoms with Gasteiger partial charge in [-0.2, -0.15) is 0 Å². The first-order valence-electron chi connectivity index (χ1n) is 4.73. The molecule has 2 aromatic rings. The number of halogens is 3. The van der Waals surface area contributed by atoms with Crippen LogP contribution in [0.4, 0.5) is 13.2 Å². The summed E-state index contributed by atoms with van der Waals surface area (Å²) < 4.78 is 44.4. The highest BCUT2D eigenvalue weighted by Gasteiger charge is 2.20. The lowest BCUT2D eigenvalue weighted by Crippen LogP contribution is -2.04. The normalized spacial score (nSPS) is 12.8. The second-order valence-corrected chi connectivity index (χ2v) is 3.48. The van der Waals surface area contributed by atoms with Crippen molar-refractivity contribution in [2.24, 2.45) is 5.73 Å². The van der Waals surface area contributed by atoms with Gasteiger partial charge < -0.3 is 10.2 Å². The Labute approximate surface area is 94.3 Å². The molecule has 0 aliphatic carbocycles. The van der Waals surface area contributed by atoms with Crippen molar-refractivity contribution in [3.63, 3.8) is 0 Å². The Bertz CT molecular complexity index is 530. The lowest BCUT2D eigenvalue weighted by Gasteiger charge is -2.00. The van der Waals surface area contributed by atoms with Gasteiger partial charge in [0, 0.05) is 12.1 Å². The number of benzene rings is 1. The van der Waals surface area contributed by atoms with Crippen molar-refractivity contribution < 1.29 is 17.6 Å². The number of nitrogens with two attached hydrogens (primary N) is 1. The predicted molar refractivity (Wildman–Crippen MR) is 52.2 cm³/mol. The second-order valence-electron chi connectivity index (χ2n) is 3.48. The summed E-state index contributed by atoms with van der Waals surface area (Å²) in [5.74, 6) is -3.56. The predicted octanol–water partition coefficient (Wildman–Crippen LogP) is 2.17. The van der Waals surface area contributed by atoms with Crippen LogP contribution in [0.1, 0.15) is 18.9 Å². The van der Waals surface area contributed by atoms with Crippen molar-refractivity contribution in [1.29, 1.82) is 0 Å². The maximum atomic E-state index is 13.4. The fourth-order valence-electron chi connectivity index (χ4n) is 1.27. The van der Waals surface area contributed by atoms with E-state index < -0.39 is 29.1 Å². The molecule has 0 fully saturated rings. The van der Waals surface area contributed by atoms with Crippen molar-refractivity contribution in [2.45, 2.75) is 13.0 Å². The lowest BCUT2D eigenvalue weighted by atomic mass is 10.2. The summed E-state index contributed by atoms with van der Waals surface area (Å²) >= 11 is 0. The third-order valence-corrected chi connectivity index (χ3v) is 2.05. The average Bonchev–Trinajstić information content (AvgIpc) is 2.65. The third kappa shape index (κ3) is 2.14. The van der Waals surface area contributed by atoms with Gasteiger partial charge in [-0.25, -0.2) is 13.2 Å². The minimum absolute atomic E-state index is 0.0446. The molecule has 0 saturated heterocycles. The van der Waals surface area contributed by atoms with E-state index in [0.29, 0.717) is 12.1 Å². The summed E-state index contributed by atoms with van der Waals surface area (Å²) in [5, 5.41) is 6.99. The van der Waals surface area contributed by atoms with Crippen LogP contribution in [0, 0.1) is 17.5 Å². The quantitative estimate of drug-likeness (QED) is 0.877. The Balaban J connectivity index is 2.52. The zero-order chi connectivity index (χ0) is 12.6. The van der Waals surface area contributed by atoms with Crippen LogP contribution in [0.25, 0.3) is 11.5 Å². The molecule has 0 aliphatic heterocycles. The van der Waals surface area contributed by atoms with Crippen LogP contribution in [-0.4, -0.2) is 10.2 Å². The standard InChI is InChI=1S/C10H8F3N3O/c1-4(14)9-15-16-10(17-9)8-6(12)2-5(11)3-7(8)13/h2-4H,14H2,1H3. The Morgan fingerprint density at radius 3 is 2.24 bits per heavy atom. The van der Waals surface area contributed by atoms with Gasteiger partial charge in [-0.05, 0) is 6.92 Å². The fourth-order valence-corrected chi connectivity index (χ4v) is 1.27. The molecule has 7 heteroatoms. The van der Waals surface area contributed by atoms with E-state index >= 15 is 0 Å². The summed E-state index contributed by atoms with van der Waals surface area (Å²) in [5.41, 5.74) is 4.90. The van der Waals surface area contributed by atoms with E-state index in [1.54, 1.807) is 6.92 Å². The molecule has 2 N–H and O–H groups in total. The molecule has 1 heterocycles. The molecule has 4 nitrogen and oxygen atoms in total. The van der Waals surface area contributed by atoms with Crippen LogP contribution >= 0.6 is 0 Å². The molecule has 1 aromatic heterocycles. The first-order valence-corrected chi connectivity index (χ1v) is 4.73. The molecule has 1 atom stereocenters. The molecule has 0 saturated carbocycles. The highest BCUT2D eigenvalue weighted by Crippen LogP contribution is 2.26. The first kappa shape index (κ1) is 11.6. The van der Waals surface area contributed by atoms with Crippen LogP contribution in [0.15, 0.2) is 16.5 Å². The summed E-state index contributed by atoms with van der Waals surface area (Å²) in [4.78, 5) is 0. The summed E-state index contributed by atoms with van der Waals surface area (Å²) in [7, 11) is 0. The highest BCUT2D eigenvalue weighted by molar-refractivity contribution is 5.54. The van der Waals surface area contributed by atoms with Crippen molar-refractivity contribution in [3.8, 4) is 11.5 Å². The van der Waals surface area contributed by atoms with E-state index in [1.807, 2.05) is 0 Å². The maximum absolute atomic E-state index is 13.4. The number of nitrogens with zero attached hydrogens (tertiary/aromatic N) is 2. The SMILES string of the molecule is CC(N)c1nnc(-c2c(F)cc(F)cc2F)o1. The molecule has 0 aliphatic rings. The zero-order valence-electron chi connectivity index (χ0n) is 8.75. The van der Waals surface area contributed by atoms with E-state index in [1.165, 1.54) is 0 Å². The fraction of sp³-hybridized carbons (Fsp3) is 0.200. The molecule has 2 rings (SSSR count). The van der Waals surface area contributed by atoms with Crippen LogP contribution in [-0.2, 0) is 0 Å². The van der Waals surface area contributed by atoms with Gasteiger partial charge in [0.1, 0.15) is 23.0 Å². The smallest absolute Gasteiger partial charge is 0.253 e. The largest absolute Gasteiger partial charge is 0.419 e. The number of hydrogen-bond acceptors (Lipinski definition) is 4. The minimum atomic E-state index is -1.11. The number of aromatic nitrogens is 2. The van der Waals surface area contributed by atoms with Crippen molar-refractivity contribution in [3.05, 3.63) is 35.5 Å². The van der Waals surface area contributed by atoms with Crippen molar-refractivity contribution >= 4 is 0 Å². The molecule has 0 amide bonds. The van der Waals surface area contributed by atoms with Crippen LogP contribution in [0.5, 0.6) is 0 Å². The number of rotatable bonds is 2. The molecular weight excluding hydrogens is 235 g/mol. The van der Waals surface area contributed by atoms with Gasteiger partial charge in [-0.15, -0.1) is 10.2 Å². The molecule has 0 spiro atoms. The van der Waals surface area contributed by atoms with E-state index in [-0.39, 0.29) is 11.8 Å². The summed E-state index contributed by atoms with van der Waals surface area (Å²) in [6.07, 6.45) is 0. The van der Waals surface area contributed by atoms with Gasteiger partial charge in [0.05, 0.1) is 6.04 Å². The Hall–Kier alpha value is -1.89. The molecule has 1 unspecified atom stereocenters. The Morgan fingerprint density at radius 1 is 1.18 bits per heavy atom. The van der Waals surface area contributed by atoms with Crippen LogP contribution in [0.3, 0.4) is 0 Å². The van der Waals surface area contributed by atoms with Crippen LogP contribution in [0.2, 0.25) is 0 Å². The average molecular weight is 243 g/mol. The third-order valence-electron chi connectivity index (χ3n) is 2.05. The number of hydrogen-bond donors (Lipinski definition) is 1. The molecule has 90 valence electrons. The van der Waals surface area contributed by atoms with Crippen molar-refractivity contribution in [2.75, 3.05) is 0 Å². The van der Waals surface area contributed by atoms with E-state index in [2.05, 4.69) is 10.2 Å². The van der Waals surface area contributed by atoms with E-state index in [4.69, 9.17) is 10.2 Å². The summed E-state index contributed by atoms with van der Waals surface area (Å²) in [6, 6.07) is 0.519. The van der Waals surface area contributed by atoms with E-state index in [0.717, 1.165) is 0 Å². The van der Waals surface area contributed by atoms with Gasteiger partial charge >= 0.3 is 0 Å². The van der Waals surface area contributed by atoms with Gasteiger partial charge in [-0.3, -0.25) is 0 Å². The Morgan fingerprint density at radius 2 is 1.76 bits per heavy atom. The molecule has 0 bridgehead atoms.